The lowest BCUT2D eigenvalue weighted by Gasteiger charge is -2.13. The number of benzene rings is 3. The van der Waals surface area contributed by atoms with Gasteiger partial charge in [-0.2, -0.15) is 0 Å². The number of Topliss-reactive ketones (excluding diaryl/α,β-unsaturated/α-hetero) is 1. The van der Waals surface area contributed by atoms with Crippen LogP contribution in [0.2, 0.25) is 0 Å². The first-order valence-electron chi connectivity index (χ1n) is 11.7. The Balaban J connectivity index is 1.17. The van der Waals surface area contributed by atoms with Crippen LogP contribution in [0.25, 0.3) is 10.8 Å². The van der Waals surface area contributed by atoms with Gasteiger partial charge in [-0.3, -0.25) is 4.79 Å². The summed E-state index contributed by atoms with van der Waals surface area (Å²) in [5.41, 5.74) is 3.99. The van der Waals surface area contributed by atoms with Crippen LogP contribution in [0.1, 0.15) is 59.6 Å². The number of hydrogen-bond acceptors (Lipinski definition) is 3. The van der Waals surface area contributed by atoms with E-state index in [1.54, 1.807) is 0 Å². The van der Waals surface area contributed by atoms with Crippen LogP contribution in [0.3, 0.4) is 0 Å². The largest absolute Gasteiger partial charge is 0.312 e. The third-order valence-electron chi connectivity index (χ3n) is 7.02. The van der Waals surface area contributed by atoms with Crippen molar-refractivity contribution in [3.8, 4) is 0 Å². The zero-order valence-corrected chi connectivity index (χ0v) is 18.2. The number of hydrogen-bond donors (Lipinski definition) is 0. The predicted molar refractivity (Wildman–Crippen MR) is 126 cm³/mol. The molecule has 4 aromatic rings. The van der Waals surface area contributed by atoms with Crippen LogP contribution >= 0.6 is 0 Å². The fraction of sp³-hybridized carbons (Fsp3) is 0.321. The van der Waals surface area contributed by atoms with E-state index >= 15 is 0 Å². The molecule has 4 heteroatoms. The van der Waals surface area contributed by atoms with Gasteiger partial charge in [0, 0.05) is 31.2 Å². The van der Waals surface area contributed by atoms with Gasteiger partial charge in [0.2, 0.25) is 0 Å². The highest BCUT2D eigenvalue weighted by Gasteiger charge is 2.34. The highest BCUT2D eigenvalue weighted by Crippen LogP contribution is 2.41. The normalized spacial score (nSPS) is 15.9. The molecule has 0 amide bonds. The SMILES string of the molecule is O=C(CCc1nnc(C2Cc3ccccc3C2)n1C1CC1)Cc1cccc2ccccc12. The predicted octanol–water partition coefficient (Wildman–Crippen LogP) is 5.39. The molecular weight excluding hydrogens is 394 g/mol. The number of fused-ring (bicyclic) bond motifs is 2. The fourth-order valence-electron chi connectivity index (χ4n) is 5.26. The molecule has 1 saturated carbocycles. The molecule has 0 aliphatic heterocycles. The zero-order chi connectivity index (χ0) is 21.5. The molecule has 32 heavy (non-hydrogen) atoms. The molecular formula is C28H27N3O. The van der Waals surface area contributed by atoms with Gasteiger partial charge in [-0.1, -0.05) is 66.7 Å². The minimum atomic E-state index is 0.265. The molecule has 160 valence electrons. The molecule has 1 heterocycles. The Morgan fingerprint density at radius 1 is 0.875 bits per heavy atom. The molecule has 4 nitrogen and oxygen atoms in total. The number of nitrogens with zero attached hydrogens (tertiary/aromatic N) is 3. The molecule has 0 bridgehead atoms. The van der Waals surface area contributed by atoms with Crippen molar-refractivity contribution in [2.75, 3.05) is 0 Å². The molecule has 2 aliphatic rings. The summed E-state index contributed by atoms with van der Waals surface area (Å²) in [4.78, 5) is 12.9. The fourth-order valence-corrected chi connectivity index (χ4v) is 5.26. The van der Waals surface area contributed by atoms with Crippen LogP contribution < -0.4 is 0 Å². The van der Waals surface area contributed by atoms with Crippen molar-refractivity contribution in [2.24, 2.45) is 0 Å². The first-order valence-corrected chi connectivity index (χ1v) is 11.7. The Bertz CT molecular complexity index is 1270. The molecule has 0 spiro atoms. The van der Waals surface area contributed by atoms with E-state index < -0.39 is 0 Å². The van der Waals surface area contributed by atoms with Crippen LogP contribution in [0.15, 0.2) is 66.7 Å². The summed E-state index contributed by atoms with van der Waals surface area (Å²) in [6, 6.07) is 23.7. The average molecular weight is 422 g/mol. The maximum absolute atomic E-state index is 12.9. The van der Waals surface area contributed by atoms with E-state index in [4.69, 9.17) is 0 Å². The summed E-state index contributed by atoms with van der Waals surface area (Å²) >= 11 is 0. The van der Waals surface area contributed by atoms with Crippen LogP contribution in [0, 0.1) is 0 Å². The third kappa shape index (κ3) is 3.64. The summed E-state index contributed by atoms with van der Waals surface area (Å²) < 4.78 is 2.38. The van der Waals surface area contributed by atoms with Crippen LogP contribution in [0.4, 0.5) is 0 Å². The minimum absolute atomic E-state index is 0.265. The van der Waals surface area contributed by atoms with Crippen molar-refractivity contribution in [3.63, 3.8) is 0 Å². The summed E-state index contributed by atoms with van der Waals surface area (Å²) in [6.45, 7) is 0. The van der Waals surface area contributed by atoms with Crippen LogP contribution in [0.5, 0.6) is 0 Å². The van der Waals surface area contributed by atoms with Gasteiger partial charge in [-0.05, 0) is 53.1 Å². The molecule has 3 aromatic carbocycles. The van der Waals surface area contributed by atoms with E-state index in [1.807, 2.05) is 18.2 Å². The Morgan fingerprint density at radius 3 is 2.38 bits per heavy atom. The second-order valence-electron chi connectivity index (χ2n) is 9.30. The molecule has 1 aromatic heterocycles. The van der Waals surface area contributed by atoms with Gasteiger partial charge >= 0.3 is 0 Å². The Hall–Kier alpha value is -3.27. The quantitative estimate of drug-likeness (QED) is 0.402. The zero-order valence-electron chi connectivity index (χ0n) is 18.2. The van der Waals surface area contributed by atoms with Gasteiger partial charge in [0.15, 0.2) is 0 Å². The summed E-state index contributed by atoms with van der Waals surface area (Å²) in [5, 5.41) is 11.6. The summed E-state index contributed by atoms with van der Waals surface area (Å²) in [7, 11) is 0. The van der Waals surface area contributed by atoms with E-state index in [1.165, 1.54) is 34.7 Å². The lowest BCUT2D eigenvalue weighted by Crippen LogP contribution is -2.12. The summed E-state index contributed by atoms with van der Waals surface area (Å²) in [6.07, 6.45) is 6.14. The lowest BCUT2D eigenvalue weighted by atomic mass is 9.99. The monoisotopic (exact) mass is 421 g/mol. The van der Waals surface area contributed by atoms with Crippen LogP contribution in [-0.4, -0.2) is 20.5 Å². The first kappa shape index (κ1) is 19.4. The number of rotatable bonds is 7. The lowest BCUT2D eigenvalue weighted by molar-refractivity contribution is -0.118. The Labute approximate surface area is 188 Å². The third-order valence-corrected chi connectivity index (χ3v) is 7.02. The van der Waals surface area contributed by atoms with Crippen molar-refractivity contribution >= 4 is 16.6 Å². The molecule has 2 aliphatic carbocycles. The van der Waals surface area contributed by atoms with E-state index in [9.17, 15) is 4.79 Å². The number of carbonyl (C=O) groups is 1. The smallest absolute Gasteiger partial charge is 0.137 e. The molecule has 0 saturated heterocycles. The van der Waals surface area contributed by atoms with E-state index in [2.05, 4.69) is 63.3 Å². The standard InChI is InChI=1S/C28H27N3O/c32-25(18-22-10-5-9-19-6-3-4-11-26(19)22)14-15-27-29-30-28(31(27)24-12-13-24)23-16-20-7-1-2-8-21(20)17-23/h1-11,23-24H,12-18H2. The average Bonchev–Trinajstić information content (AvgIpc) is 3.42. The maximum Gasteiger partial charge on any atom is 0.137 e. The van der Waals surface area contributed by atoms with Crippen molar-refractivity contribution in [3.05, 3.63) is 95.1 Å². The molecule has 6 rings (SSSR count). The van der Waals surface area contributed by atoms with Gasteiger partial charge in [0.1, 0.15) is 17.4 Å². The van der Waals surface area contributed by atoms with Gasteiger partial charge in [0.25, 0.3) is 0 Å². The van der Waals surface area contributed by atoms with Crippen LogP contribution in [-0.2, 0) is 30.5 Å². The highest BCUT2D eigenvalue weighted by atomic mass is 16.1. The van der Waals surface area contributed by atoms with Crippen molar-refractivity contribution in [2.45, 2.75) is 56.9 Å². The molecule has 0 atom stereocenters. The topological polar surface area (TPSA) is 47.8 Å². The van der Waals surface area contributed by atoms with Gasteiger partial charge in [-0.25, -0.2) is 0 Å². The second kappa shape index (κ2) is 8.01. The van der Waals surface area contributed by atoms with Crippen molar-refractivity contribution in [1.82, 2.24) is 14.8 Å². The van der Waals surface area contributed by atoms with Gasteiger partial charge in [-0.15, -0.1) is 10.2 Å². The van der Waals surface area contributed by atoms with Gasteiger partial charge in [0.05, 0.1) is 0 Å². The highest BCUT2D eigenvalue weighted by molar-refractivity contribution is 5.90. The van der Waals surface area contributed by atoms with Crippen molar-refractivity contribution < 1.29 is 4.79 Å². The van der Waals surface area contributed by atoms with E-state index in [-0.39, 0.29) is 5.78 Å². The number of ketones is 1. The van der Waals surface area contributed by atoms with E-state index in [0.29, 0.717) is 31.2 Å². The van der Waals surface area contributed by atoms with E-state index in [0.717, 1.165) is 30.1 Å². The van der Waals surface area contributed by atoms with Crippen molar-refractivity contribution in [1.29, 1.82) is 0 Å². The Morgan fingerprint density at radius 2 is 1.59 bits per heavy atom. The number of aryl methyl sites for hydroxylation is 1. The molecule has 0 radical (unpaired) electrons. The maximum atomic E-state index is 12.9. The van der Waals surface area contributed by atoms with Gasteiger partial charge < -0.3 is 4.57 Å². The molecule has 0 N–H and O–H groups in total. The first-order chi connectivity index (χ1) is 15.8. The minimum Gasteiger partial charge on any atom is -0.312 e. The number of aromatic nitrogens is 3. The second-order valence-corrected chi connectivity index (χ2v) is 9.30. The molecule has 0 unspecified atom stereocenters. The summed E-state index contributed by atoms with van der Waals surface area (Å²) in [5.74, 6) is 2.78. The number of carbonyl (C=O) groups excluding carboxylic acids is 1. The molecule has 1 fully saturated rings. The Kier molecular flexibility index (Phi) is 4.86.